The van der Waals surface area contributed by atoms with Crippen molar-refractivity contribution in [2.75, 3.05) is 7.11 Å². The summed E-state index contributed by atoms with van der Waals surface area (Å²) in [5.74, 6) is 0.302. The van der Waals surface area contributed by atoms with Gasteiger partial charge in [0.25, 0.3) is 5.95 Å². The molecule has 14 heavy (non-hydrogen) atoms. The van der Waals surface area contributed by atoms with Crippen molar-refractivity contribution >= 4 is 10.8 Å². The summed E-state index contributed by atoms with van der Waals surface area (Å²) in [6, 6.07) is 6.98. The molecule has 0 amide bonds. The van der Waals surface area contributed by atoms with Crippen molar-refractivity contribution in [1.82, 2.24) is 0 Å². The van der Waals surface area contributed by atoms with Gasteiger partial charge in [0.05, 0.1) is 7.11 Å². The summed E-state index contributed by atoms with van der Waals surface area (Å²) in [5.41, 5.74) is 0. The number of aromatic hydroxyl groups is 1. The zero-order valence-electron chi connectivity index (χ0n) is 7.44. The average Bonchev–Trinajstić information content (AvgIpc) is 2.55. The Kier molecular flexibility index (Phi) is 1.79. The molecule has 2 rings (SSSR count). The third-order valence-electron chi connectivity index (χ3n) is 2.00. The van der Waals surface area contributed by atoms with E-state index in [0.717, 1.165) is 0 Å². The molecule has 2 aromatic rings. The molecule has 1 heterocycles. The molecular formula is C10H7NO3. The summed E-state index contributed by atoms with van der Waals surface area (Å²) in [6.45, 7) is 0. The number of benzene rings is 1. The van der Waals surface area contributed by atoms with E-state index in [1.807, 2.05) is 6.07 Å². The zero-order chi connectivity index (χ0) is 10.1. The van der Waals surface area contributed by atoms with E-state index >= 15 is 0 Å². The second-order valence-electron chi connectivity index (χ2n) is 2.73. The van der Waals surface area contributed by atoms with Gasteiger partial charge >= 0.3 is 0 Å². The highest BCUT2D eigenvalue weighted by Crippen LogP contribution is 2.37. The second kappa shape index (κ2) is 2.96. The van der Waals surface area contributed by atoms with Gasteiger partial charge < -0.3 is 14.3 Å². The topological polar surface area (TPSA) is 66.4 Å². The number of ether oxygens (including phenoxy) is 1. The fourth-order valence-corrected chi connectivity index (χ4v) is 1.40. The normalized spacial score (nSPS) is 10.0. The Bertz CT molecular complexity index is 522. The van der Waals surface area contributed by atoms with Gasteiger partial charge in [-0.05, 0) is 12.1 Å². The standard InChI is InChI=1S/C10H7NO3/c1-13-7-4-2-3-6-8(5-11)14-10(12)9(6)7/h2-4,12H,1H3. The Morgan fingerprint density at radius 3 is 2.93 bits per heavy atom. The molecule has 0 fully saturated rings. The van der Waals surface area contributed by atoms with Crippen LogP contribution in [-0.2, 0) is 0 Å². The summed E-state index contributed by atoms with van der Waals surface area (Å²) >= 11 is 0. The van der Waals surface area contributed by atoms with Crippen molar-refractivity contribution in [2.45, 2.75) is 0 Å². The lowest BCUT2D eigenvalue weighted by Gasteiger charge is -1.99. The van der Waals surface area contributed by atoms with Crippen molar-refractivity contribution in [3.05, 3.63) is 24.0 Å². The minimum atomic E-state index is -0.283. The van der Waals surface area contributed by atoms with E-state index in [1.54, 1.807) is 18.2 Å². The molecule has 0 radical (unpaired) electrons. The molecular weight excluding hydrogens is 182 g/mol. The van der Waals surface area contributed by atoms with Crippen molar-refractivity contribution in [3.8, 4) is 17.8 Å². The molecule has 0 bridgehead atoms. The maximum atomic E-state index is 9.44. The summed E-state index contributed by atoms with van der Waals surface area (Å²) < 4.78 is 9.91. The molecule has 0 atom stereocenters. The summed E-state index contributed by atoms with van der Waals surface area (Å²) in [6.07, 6.45) is 0. The third kappa shape index (κ3) is 0.995. The summed E-state index contributed by atoms with van der Waals surface area (Å²) in [4.78, 5) is 0. The van der Waals surface area contributed by atoms with Crippen molar-refractivity contribution < 1.29 is 14.3 Å². The smallest absolute Gasteiger partial charge is 0.295 e. The quantitative estimate of drug-likeness (QED) is 0.745. The molecule has 0 saturated heterocycles. The zero-order valence-corrected chi connectivity index (χ0v) is 7.44. The number of fused-ring (bicyclic) bond motifs is 1. The maximum absolute atomic E-state index is 9.44. The number of hydrogen-bond donors (Lipinski definition) is 1. The number of methoxy groups -OCH3 is 1. The molecule has 0 aliphatic carbocycles. The average molecular weight is 189 g/mol. The van der Waals surface area contributed by atoms with E-state index in [1.165, 1.54) is 7.11 Å². The Hall–Kier alpha value is -2.15. The molecule has 0 aliphatic rings. The highest BCUT2D eigenvalue weighted by atomic mass is 16.5. The lowest BCUT2D eigenvalue weighted by molar-refractivity contribution is 0.332. The van der Waals surface area contributed by atoms with Gasteiger partial charge in [-0.3, -0.25) is 0 Å². The van der Waals surface area contributed by atoms with Crippen LogP contribution in [0.5, 0.6) is 11.7 Å². The van der Waals surface area contributed by atoms with E-state index in [9.17, 15) is 5.11 Å². The monoisotopic (exact) mass is 189 g/mol. The van der Waals surface area contributed by atoms with Gasteiger partial charge in [0.15, 0.2) is 0 Å². The molecule has 1 aromatic heterocycles. The predicted molar refractivity (Wildman–Crippen MR) is 49.1 cm³/mol. The second-order valence-corrected chi connectivity index (χ2v) is 2.73. The van der Waals surface area contributed by atoms with Crippen LogP contribution in [0.15, 0.2) is 22.6 Å². The van der Waals surface area contributed by atoms with Crippen molar-refractivity contribution in [3.63, 3.8) is 0 Å². The van der Waals surface area contributed by atoms with Crippen LogP contribution in [0.1, 0.15) is 5.76 Å². The Morgan fingerprint density at radius 2 is 2.29 bits per heavy atom. The minimum Gasteiger partial charge on any atom is -0.496 e. The first-order chi connectivity index (χ1) is 6.77. The lowest BCUT2D eigenvalue weighted by Crippen LogP contribution is -1.82. The van der Waals surface area contributed by atoms with Gasteiger partial charge in [-0.25, -0.2) is 0 Å². The molecule has 0 aliphatic heterocycles. The first kappa shape index (κ1) is 8.45. The fourth-order valence-electron chi connectivity index (χ4n) is 1.40. The van der Waals surface area contributed by atoms with E-state index in [4.69, 9.17) is 14.4 Å². The number of nitrogens with zero attached hydrogens (tertiary/aromatic N) is 1. The van der Waals surface area contributed by atoms with Gasteiger partial charge in [0, 0.05) is 5.39 Å². The highest BCUT2D eigenvalue weighted by Gasteiger charge is 2.15. The lowest BCUT2D eigenvalue weighted by atomic mass is 10.1. The summed E-state index contributed by atoms with van der Waals surface area (Å²) in [7, 11) is 1.49. The van der Waals surface area contributed by atoms with Crippen molar-refractivity contribution in [2.24, 2.45) is 0 Å². The third-order valence-corrected chi connectivity index (χ3v) is 2.00. The van der Waals surface area contributed by atoms with E-state index in [2.05, 4.69) is 0 Å². The van der Waals surface area contributed by atoms with Crippen LogP contribution >= 0.6 is 0 Å². The predicted octanol–water partition coefficient (Wildman–Crippen LogP) is 2.02. The molecule has 0 saturated carbocycles. The molecule has 70 valence electrons. The number of hydrogen-bond acceptors (Lipinski definition) is 4. The SMILES string of the molecule is COc1cccc2c(C#N)oc(O)c12. The van der Waals surface area contributed by atoms with Gasteiger partial charge in [0.2, 0.25) is 5.76 Å². The van der Waals surface area contributed by atoms with Crippen LogP contribution in [0.2, 0.25) is 0 Å². The van der Waals surface area contributed by atoms with Crippen LogP contribution in [0.4, 0.5) is 0 Å². The summed E-state index contributed by atoms with van der Waals surface area (Å²) in [5, 5.41) is 19.2. The Labute approximate surface area is 79.9 Å². The van der Waals surface area contributed by atoms with Crippen LogP contribution in [-0.4, -0.2) is 12.2 Å². The molecule has 4 heteroatoms. The molecule has 0 spiro atoms. The maximum Gasteiger partial charge on any atom is 0.295 e. The molecule has 0 unspecified atom stereocenters. The van der Waals surface area contributed by atoms with E-state index < -0.39 is 0 Å². The first-order valence-corrected chi connectivity index (χ1v) is 3.96. The molecule has 1 N–H and O–H groups in total. The first-order valence-electron chi connectivity index (χ1n) is 3.96. The van der Waals surface area contributed by atoms with E-state index in [0.29, 0.717) is 16.5 Å². The van der Waals surface area contributed by atoms with Gasteiger partial charge in [-0.1, -0.05) is 6.07 Å². The van der Waals surface area contributed by atoms with Crippen molar-refractivity contribution in [1.29, 1.82) is 5.26 Å². The highest BCUT2D eigenvalue weighted by molar-refractivity contribution is 5.95. The minimum absolute atomic E-state index is 0.0939. The molecule has 1 aromatic carbocycles. The Balaban J connectivity index is 2.90. The van der Waals surface area contributed by atoms with Gasteiger partial charge in [-0.2, -0.15) is 5.26 Å². The van der Waals surface area contributed by atoms with Crippen LogP contribution in [0.3, 0.4) is 0 Å². The van der Waals surface area contributed by atoms with Crippen LogP contribution in [0, 0.1) is 11.3 Å². The van der Waals surface area contributed by atoms with E-state index in [-0.39, 0.29) is 11.7 Å². The fraction of sp³-hybridized carbons (Fsp3) is 0.100. The number of furan rings is 1. The largest absolute Gasteiger partial charge is 0.496 e. The van der Waals surface area contributed by atoms with Crippen LogP contribution < -0.4 is 4.74 Å². The van der Waals surface area contributed by atoms with Gasteiger partial charge in [0.1, 0.15) is 17.2 Å². The Morgan fingerprint density at radius 1 is 1.50 bits per heavy atom. The number of rotatable bonds is 1. The number of nitriles is 1. The van der Waals surface area contributed by atoms with Crippen LogP contribution in [0.25, 0.3) is 10.8 Å². The molecule has 4 nitrogen and oxygen atoms in total. The van der Waals surface area contributed by atoms with Gasteiger partial charge in [-0.15, -0.1) is 0 Å².